The Morgan fingerprint density at radius 1 is 1.10 bits per heavy atom. The van der Waals surface area contributed by atoms with Crippen LogP contribution in [-0.4, -0.2) is 56.0 Å². The standard InChI is InChI=1S/C22H31N3O4S/c1-15-3-4-19(11-16(15)2)25-14-18(12-21(25)26)22(27)23-13-17-7-9-24(10-8-17)30(28,29)20-5-6-20/h3-4,11,17-18,20H,5-10,12-14H2,1-2H3,(H,23,27). The zero-order valence-corrected chi connectivity index (χ0v) is 18.6. The highest BCUT2D eigenvalue weighted by atomic mass is 32.2. The Balaban J connectivity index is 1.26. The maximum atomic E-state index is 12.7. The summed E-state index contributed by atoms with van der Waals surface area (Å²) in [6.45, 7) is 6.09. The Kier molecular flexibility index (Phi) is 5.90. The normalized spacial score (nSPS) is 23.7. The van der Waals surface area contributed by atoms with E-state index in [1.807, 2.05) is 32.0 Å². The van der Waals surface area contributed by atoms with Crippen LogP contribution in [0.15, 0.2) is 18.2 Å². The lowest BCUT2D eigenvalue weighted by atomic mass is 9.97. The van der Waals surface area contributed by atoms with Gasteiger partial charge in [0, 0.05) is 38.3 Å². The second-order valence-electron chi connectivity index (χ2n) is 9.01. The summed E-state index contributed by atoms with van der Waals surface area (Å²) in [5, 5.41) is 2.85. The number of aryl methyl sites for hydroxylation is 2. The molecule has 30 heavy (non-hydrogen) atoms. The van der Waals surface area contributed by atoms with Crippen molar-refractivity contribution in [3.05, 3.63) is 29.3 Å². The molecule has 3 fully saturated rings. The largest absolute Gasteiger partial charge is 0.356 e. The van der Waals surface area contributed by atoms with Gasteiger partial charge in [-0.25, -0.2) is 12.7 Å². The van der Waals surface area contributed by atoms with Crippen molar-refractivity contribution in [2.24, 2.45) is 11.8 Å². The molecule has 0 aromatic heterocycles. The van der Waals surface area contributed by atoms with Gasteiger partial charge in [0.2, 0.25) is 21.8 Å². The average molecular weight is 434 g/mol. The fourth-order valence-corrected chi connectivity index (χ4v) is 6.23. The second kappa shape index (κ2) is 8.30. The molecule has 1 N–H and O–H groups in total. The smallest absolute Gasteiger partial charge is 0.227 e. The van der Waals surface area contributed by atoms with Gasteiger partial charge in [-0.15, -0.1) is 0 Å². The fraction of sp³-hybridized carbons (Fsp3) is 0.636. The summed E-state index contributed by atoms with van der Waals surface area (Å²) in [4.78, 5) is 26.8. The molecular weight excluding hydrogens is 402 g/mol. The van der Waals surface area contributed by atoms with E-state index in [1.165, 1.54) is 5.56 Å². The molecule has 1 atom stereocenters. The minimum Gasteiger partial charge on any atom is -0.356 e. The minimum atomic E-state index is -3.10. The maximum absolute atomic E-state index is 12.7. The third-order valence-electron chi connectivity index (χ3n) is 6.74. The van der Waals surface area contributed by atoms with Crippen molar-refractivity contribution in [2.45, 2.75) is 51.2 Å². The molecule has 0 radical (unpaired) electrons. The average Bonchev–Trinajstić information content (AvgIpc) is 3.52. The van der Waals surface area contributed by atoms with Crippen LogP contribution >= 0.6 is 0 Å². The van der Waals surface area contributed by atoms with Gasteiger partial charge in [-0.2, -0.15) is 0 Å². The number of anilines is 1. The molecule has 0 bridgehead atoms. The molecule has 2 amide bonds. The molecule has 164 valence electrons. The summed E-state index contributed by atoms with van der Waals surface area (Å²) in [6.07, 6.45) is 3.35. The molecule has 7 nitrogen and oxygen atoms in total. The van der Waals surface area contributed by atoms with E-state index in [0.717, 1.165) is 36.9 Å². The Morgan fingerprint density at radius 2 is 1.80 bits per heavy atom. The number of hydrogen-bond donors (Lipinski definition) is 1. The van der Waals surface area contributed by atoms with Gasteiger partial charge < -0.3 is 10.2 Å². The van der Waals surface area contributed by atoms with Crippen LogP contribution in [0.1, 0.15) is 43.2 Å². The van der Waals surface area contributed by atoms with Crippen molar-refractivity contribution >= 4 is 27.5 Å². The van der Waals surface area contributed by atoms with E-state index in [0.29, 0.717) is 26.2 Å². The van der Waals surface area contributed by atoms with Crippen LogP contribution in [0, 0.1) is 25.7 Å². The van der Waals surface area contributed by atoms with E-state index in [4.69, 9.17) is 0 Å². The van der Waals surface area contributed by atoms with Gasteiger partial charge >= 0.3 is 0 Å². The van der Waals surface area contributed by atoms with Gasteiger partial charge in [0.05, 0.1) is 11.2 Å². The molecular formula is C22H31N3O4S. The van der Waals surface area contributed by atoms with E-state index in [2.05, 4.69) is 5.32 Å². The third-order valence-corrected chi connectivity index (χ3v) is 9.14. The highest BCUT2D eigenvalue weighted by Gasteiger charge is 2.41. The monoisotopic (exact) mass is 433 g/mol. The van der Waals surface area contributed by atoms with Crippen LogP contribution in [-0.2, 0) is 19.6 Å². The zero-order valence-electron chi connectivity index (χ0n) is 17.8. The Bertz CT molecular complexity index is 934. The van der Waals surface area contributed by atoms with Gasteiger partial charge in [0.1, 0.15) is 0 Å². The van der Waals surface area contributed by atoms with Crippen molar-refractivity contribution in [2.75, 3.05) is 31.1 Å². The summed E-state index contributed by atoms with van der Waals surface area (Å²) in [5.74, 6) is -0.151. The van der Waals surface area contributed by atoms with Crippen LogP contribution in [0.5, 0.6) is 0 Å². The summed E-state index contributed by atoms with van der Waals surface area (Å²) >= 11 is 0. The van der Waals surface area contributed by atoms with Gasteiger partial charge in [-0.1, -0.05) is 6.07 Å². The fourth-order valence-electron chi connectivity index (χ4n) is 4.36. The second-order valence-corrected chi connectivity index (χ2v) is 11.2. The number of nitrogens with zero attached hydrogens (tertiary/aromatic N) is 2. The summed E-state index contributed by atoms with van der Waals surface area (Å²) in [6, 6.07) is 5.93. The highest BCUT2D eigenvalue weighted by molar-refractivity contribution is 7.90. The molecule has 2 aliphatic heterocycles. The molecule has 0 spiro atoms. The van der Waals surface area contributed by atoms with E-state index < -0.39 is 10.0 Å². The van der Waals surface area contributed by atoms with Crippen LogP contribution in [0.2, 0.25) is 0 Å². The molecule has 1 aromatic rings. The zero-order chi connectivity index (χ0) is 21.5. The van der Waals surface area contributed by atoms with Crippen molar-refractivity contribution < 1.29 is 18.0 Å². The van der Waals surface area contributed by atoms with Crippen molar-refractivity contribution in [1.82, 2.24) is 9.62 Å². The number of hydrogen-bond acceptors (Lipinski definition) is 4. The van der Waals surface area contributed by atoms with Crippen molar-refractivity contribution in [3.63, 3.8) is 0 Å². The highest BCUT2D eigenvalue weighted by Crippen LogP contribution is 2.33. The molecule has 4 rings (SSSR count). The molecule has 1 saturated carbocycles. The number of benzene rings is 1. The van der Waals surface area contributed by atoms with E-state index in [9.17, 15) is 18.0 Å². The molecule has 2 heterocycles. The number of amides is 2. The lowest BCUT2D eigenvalue weighted by Crippen LogP contribution is -2.43. The summed E-state index contributed by atoms with van der Waals surface area (Å²) < 4.78 is 26.3. The lowest BCUT2D eigenvalue weighted by Gasteiger charge is -2.31. The first-order valence-electron chi connectivity index (χ1n) is 10.9. The first-order valence-corrected chi connectivity index (χ1v) is 12.4. The third kappa shape index (κ3) is 4.39. The Morgan fingerprint density at radius 3 is 2.43 bits per heavy atom. The minimum absolute atomic E-state index is 0.0167. The quantitative estimate of drug-likeness (QED) is 0.743. The summed E-state index contributed by atoms with van der Waals surface area (Å²) in [5.41, 5.74) is 3.15. The van der Waals surface area contributed by atoms with Gasteiger partial charge in [-0.3, -0.25) is 9.59 Å². The molecule has 1 aromatic carbocycles. The van der Waals surface area contributed by atoms with Crippen molar-refractivity contribution in [1.29, 1.82) is 0 Å². The number of sulfonamides is 1. The van der Waals surface area contributed by atoms with Gasteiger partial charge in [0.25, 0.3) is 0 Å². The van der Waals surface area contributed by atoms with E-state index in [-0.39, 0.29) is 35.3 Å². The predicted octanol–water partition coefficient (Wildman–Crippen LogP) is 1.98. The molecule has 1 aliphatic carbocycles. The molecule has 3 aliphatic rings. The van der Waals surface area contributed by atoms with Crippen LogP contribution in [0.3, 0.4) is 0 Å². The number of carbonyl (C=O) groups excluding carboxylic acids is 2. The Hall–Kier alpha value is -1.93. The van der Waals surface area contributed by atoms with E-state index >= 15 is 0 Å². The SMILES string of the molecule is Cc1ccc(N2CC(C(=O)NCC3CCN(S(=O)(=O)C4CC4)CC3)CC2=O)cc1C. The number of carbonyl (C=O) groups is 2. The molecule has 8 heteroatoms. The number of nitrogens with one attached hydrogen (secondary N) is 1. The van der Waals surface area contributed by atoms with Crippen molar-refractivity contribution in [3.8, 4) is 0 Å². The molecule has 2 saturated heterocycles. The van der Waals surface area contributed by atoms with Crippen LogP contribution in [0.25, 0.3) is 0 Å². The van der Waals surface area contributed by atoms with Crippen LogP contribution < -0.4 is 10.2 Å². The molecule has 1 unspecified atom stereocenters. The van der Waals surface area contributed by atoms with Gasteiger partial charge in [0.15, 0.2) is 0 Å². The number of piperidine rings is 1. The predicted molar refractivity (Wildman–Crippen MR) is 116 cm³/mol. The lowest BCUT2D eigenvalue weighted by molar-refractivity contribution is -0.126. The number of rotatable bonds is 6. The maximum Gasteiger partial charge on any atom is 0.227 e. The van der Waals surface area contributed by atoms with E-state index in [1.54, 1.807) is 9.21 Å². The Labute approximate surface area is 178 Å². The van der Waals surface area contributed by atoms with Gasteiger partial charge in [-0.05, 0) is 68.7 Å². The first kappa shape index (κ1) is 21.3. The topological polar surface area (TPSA) is 86.8 Å². The van der Waals surface area contributed by atoms with Crippen LogP contribution in [0.4, 0.5) is 5.69 Å². The summed E-state index contributed by atoms with van der Waals surface area (Å²) in [7, 11) is -3.10. The first-order chi connectivity index (χ1) is 14.3.